The van der Waals surface area contributed by atoms with Crippen molar-refractivity contribution >= 4 is 35.2 Å². The molecule has 2 aromatic rings. The number of fused-ring (bicyclic) bond motifs is 1. The van der Waals surface area contributed by atoms with Crippen LogP contribution in [0, 0.1) is 12.3 Å². The highest BCUT2D eigenvalue weighted by Crippen LogP contribution is 2.17. The van der Waals surface area contributed by atoms with Gasteiger partial charge in [0, 0.05) is 18.0 Å². The third kappa shape index (κ3) is 2.46. The molecule has 0 fully saturated rings. The Balaban J connectivity index is 0.00000162. The monoisotopic (exact) mass is 266 g/mol. The van der Waals surface area contributed by atoms with Gasteiger partial charge < -0.3 is 10.7 Å². The fourth-order valence-electron chi connectivity index (χ4n) is 1.65. The molecule has 1 heterocycles. The molecule has 0 atom stereocenters. The van der Waals surface area contributed by atoms with Crippen molar-refractivity contribution < 1.29 is 4.79 Å². The highest BCUT2D eigenvalue weighted by molar-refractivity contribution is 6.05. The number of amides is 1. The Morgan fingerprint density at radius 3 is 2.67 bits per heavy atom. The zero-order valence-electron chi connectivity index (χ0n) is 10.2. The average molecular weight is 267 g/mol. The standard InChI is InChI=1S/C12H14N4O.ClH/c1-7-3-4-8-6-10(15-9(8)5-7)11(17)16(2)12(13)14;/h3-6,15H,1-2H3,(H3,13,14);1H. The minimum atomic E-state index is -0.314. The van der Waals surface area contributed by atoms with E-state index >= 15 is 0 Å². The first-order chi connectivity index (χ1) is 7.99. The molecule has 96 valence electrons. The fourth-order valence-corrected chi connectivity index (χ4v) is 1.65. The molecule has 1 aromatic carbocycles. The third-order valence-electron chi connectivity index (χ3n) is 2.67. The Morgan fingerprint density at radius 1 is 1.39 bits per heavy atom. The molecule has 0 aliphatic rings. The number of carbonyl (C=O) groups is 1. The first-order valence-corrected chi connectivity index (χ1v) is 5.20. The quantitative estimate of drug-likeness (QED) is 0.544. The molecule has 0 saturated carbocycles. The Bertz CT molecular complexity index is 605. The molecule has 0 aliphatic heterocycles. The molecule has 1 amide bonds. The van der Waals surface area contributed by atoms with Crippen LogP contribution in [-0.2, 0) is 0 Å². The van der Waals surface area contributed by atoms with Gasteiger partial charge in [0.05, 0.1) is 0 Å². The first kappa shape index (κ1) is 14.1. The first-order valence-electron chi connectivity index (χ1n) is 5.20. The van der Waals surface area contributed by atoms with Crippen molar-refractivity contribution in [2.75, 3.05) is 7.05 Å². The molecule has 0 aliphatic carbocycles. The Labute approximate surface area is 111 Å². The largest absolute Gasteiger partial charge is 0.370 e. The summed E-state index contributed by atoms with van der Waals surface area (Å²) in [5.41, 5.74) is 7.73. The normalized spacial score (nSPS) is 9.89. The van der Waals surface area contributed by atoms with Crippen molar-refractivity contribution in [3.05, 3.63) is 35.5 Å². The minimum absolute atomic E-state index is 0. The SMILES string of the molecule is Cc1ccc2cc(C(=O)N(C)C(=N)N)[nH]c2c1.Cl. The maximum atomic E-state index is 11.9. The lowest BCUT2D eigenvalue weighted by atomic mass is 10.2. The van der Waals surface area contributed by atoms with Gasteiger partial charge in [-0.25, -0.2) is 0 Å². The summed E-state index contributed by atoms with van der Waals surface area (Å²) in [6.45, 7) is 1.99. The zero-order chi connectivity index (χ0) is 12.6. The second-order valence-corrected chi connectivity index (χ2v) is 4.02. The molecule has 0 saturated heterocycles. The summed E-state index contributed by atoms with van der Waals surface area (Å²) >= 11 is 0. The summed E-state index contributed by atoms with van der Waals surface area (Å²) in [5, 5.41) is 8.19. The molecule has 18 heavy (non-hydrogen) atoms. The lowest BCUT2D eigenvalue weighted by Crippen LogP contribution is -2.38. The summed E-state index contributed by atoms with van der Waals surface area (Å²) in [6, 6.07) is 7.67. The van der Waals surface area contributed by atoms with Gasteiger partial charge in [0.15, 0.2) is 5.96 Å². The molecule has 6 heteroatoms. The number of aryl methyl sites for hydroxylation is 1. The number of H-pyrrole nitrogens is 1. The maximum absolute atomic E-state index is 11.9. The molecule has 2 rings (SSSR count). The molecule has 0 unspecified atom stereocenters. The van der Waals surface area contributed by atoms with Crippen LogP contribution in [0.25, 0.3) is 10.9 Å². The molecular weight excluding hydrogens is 252 g/mol. The van der Waals surface area contributed by atoms with E-state index in [4.69, 9.17) is 11.1 Å². The summed E-state index contributed by atoms with van der Waals surface area (Å²) in [7, 11) is 1.47. The summed E-state index contributed by atoms with van der Waals surface area (Å²) < 4.78 is 0. The summed E-state index contributed by atoms with van der Waals surface area (Å²) in [4.78, 5) is 16.0. The van der Waals surface area contributed by atoms with Crippen molar-refractivity contribution in [2.24, 2.45) is 5.73 Å². The number of aromatic amines is 1. The van der Waals surface area contributed by atoms with Crippen LogP contribution in [0.1, 0.15) is 16.1 Å². The Morgan fingerprint density at radius 2 is 2.06 bits per heavy atom. The van der Waals surface area contributed by atoms with Gasteiger partial charge in [0.1, 0.15) is 5.69 Å². The molecule has 0 spiro atoms. The van der Waals surface area contributed by atoms with Crippen LogP contribution in [0.15, 0.2) is 24.3 Å². The van der Waals surface area contributed by atoms with Crippen molar-refractivity contribution in [1.29, 1.82) is 5.41 Å². The molecule has 1 aromatic heterocycles. The highest BCUT2D eigenvalue weighted by atomic mass is 35.5. The lowest BCUT2D eigenvalue weighted by Gasteiger charge is -2.12. The van der Waals surface area contributed by atoms with Gasteiger partial charge >= 0.3 is 0 Å². The second-order valence-electron chi connectivity index (χ2n) is 4.02. The number of carbonyl (C=O) groups excluding carboxylic acids is 1. The molecule has 0 radical (unpaired) electrons. The van der Waals surface area contributed by atoms with E-state index in [1.54, 1.807) is 6.07 Å². The van der Waals surface area contributed by atoms with Crippen LogP contribution < -0.4 is 5.73 Å². The van der Waals surface area contributed by atoms with Gasteiger partial charge in [0.2, 0.25) is 0 Å². The topological polar surface area (TPSA) is 86.0 Å². The number of nitrogens with two attached hydrogens (primary N) is 1. The number of guanidine groups is 1. The summed E-state index contributed by atoms with van der Waals surface area (Å²) in [5.74, 6) is -0.587. The third-order valence-corrected chi connectivity index (χ3v) is 2.67. The minimum Gasteiger partial charge on any atom is -0.370 e. The van der Waals surface area contributed by atoms with E-state index in [1.165, 1.54) is 7.05 Å². The number of aromatic nitrogens is 1. The zero-order valence-corrected chi connectivity index (χ0v) is 11.0. The fraction of sp³-hybridized carbons (Fsp3) is 0.167. The maximum Gasteiger partial charge on any atom is 0.276 e. The molecule has 5 nitrogen and oxygen atoms in total. The van der Waals surface area contributed by atoms with Gasteiger partial charge in [-0.15, -0.1) is 12.4 Å². The van der Waals surface area contributed by atoms with E-state index in [1.807, 2.05) is 25.1 Å². The van der Waals surface area contributed by atoms with Crippen molar-refractivity contribution in [3.8, 4) is 0 Å². The van der Waals surface area contributed by atoms with Crippen LogP contribution >= 0.6 is 12.4 Å². The number of halogens is 1. The molecular formula is C12H15ClN4O. The van der Waals surface area contributed by atoms with E-state index in [9.17, 15) is 4.79 Å². The Hall–Kier alpha value is -2.01. The van der Waals surface area contributed by atoms with Gasteiger partial charge in [-0.3, -0.25) is 15.1 Å². The smallest absolute Gasteiger partial charge is 0.276 e. The summed E-state index contributed by atoms with van der Waals surface area (Å²) in [6.07, 6.45) is 0. The Kier molecular flexibility index (Phi) is 3.98. The number of hydrogen-bond acceptors (Lipinski definition) is 2. The van der Waals surface area contributed by atoms with Crippen LogP contribution in [0.4, 0.5) is 0 Å². The van der Waals surface area contributed by atoms with Gasteiger partial charge in [-0.1, -0.05) is 12.1 Å². The van der Waals surface area contributed by atoms with Gasteiger partial charge in [-0.05, 0) is 24.6 Å². The predicted molar refractivity (Wildman–Crippen MR) is 74.3 cm³/mol. The predicted octanol–water partition coefficient (Wildman–Crippen LogP) is 1.86. The molecule has 4 N–H and O–H groups in total. The average Bonchev–Trinajstić information content (AvgIpc) is 2.69. The van der Waals surface area contributed by atoms with Crippen LogP contribution in [-0.4, -0.2) is 28.8 Å². The van der Waals surface area contributed by atoms with E-state index in [0.717, 1.165) is 21.4 Å². The van der Waals surface area contributed by atoms with Crippen molar-refractivity contribution in [1.82, 2.24) is 9.88 Å². The lowest BCUT2D eigenvalue weighted by molar-refractivity contribution is 0.0864. The number of nitrogens with one attached hydrogen (secondary N) is 2. The van der Waals surface area contributed by atoms with Crippen LogP contribution in [0.5, 0.6) is 0 Å². The highest BCUT2D eigenvalue weighted by Gasteiger charge is 2.15. The van der Waals surface area contributed by atoms with Crippen molar-refractivity contribution in [2.45, 2.75) is 6.92 Å². The van der Waals surface area contributed by atoms with E-state index in [0.29, 0.717) is 5.69 Å². The van der Waals surface area contributed by atoms with Crippen LogP contribution in [0.2, 0.25) is 0 Å². The molecule has 0 bridgehead atoms. The van der Waals surface area contributed by atoms with Gasteiger partial charge in [-0.2, -0.15) is 0 Å². The number of benzene rings is 1. The van der Waals surface area contributed by atoms with E-state index in [-0.39, 0.29) is 24.3 Å². The van der Waals surface area contributed by atoms with Crippen molar-refractivity contribution in [3.63, 3.8) is 0 Å². The second kappa shape index (κ2) is 5.10. The number of rotatable bonds is 1. The van der Waals surface area contributed by atoms with Gasteiger partial charge in [0.25, 0.3) is 5.91 Å². The van der Waals surface area contributed by atoms with Crippen LogP contribution in [0.3, 0.4) is 0 Å². The van der Waals surface area contributed by atoms with E-state index < -0.39 is 0 Å². The number of nitrogens with zero attached hydrogens (tertiary/aromatic N) is 1. The number of hydrogen-bond donors (Lipinski definition) is 3. The van der Waals surface area contributed by atoms with E-state index in [2.05, 4.69) is 4.98 Å².